The molecule has 34 heavy (non-hydrogen) atoms. The zero-order chi connectivity index (χ0) is 24.9. The van der Waals surface area contributed by atoms with Crippen molar-refractivity contribution in [2.24, 2.45) is 5.41 Å². The van der Waals surface area contributed by atoms with Gasteiger partial charge in [-0.05, 0) is 68.1 Å². The minimum atomic E-state index is -3.60. The Morgan fingerprint density at radius 1 is 1.00 bits per heavy atom. The van der Waals surface area contributed by atoms with Crippen LogP contribution in [0.15, 0.2) is 47.4 Å². The summed E-state index contributed by atoms with van der Waals surface area (Å²) in [7, 11) is -2.06. The third kappa shape index (κ3) is 6.10. The van der Waals surface area contributed by atoms with Gasteiger partial charge in [-0.15, -0.1) is 0 Å². The molecule has 0 saturated carbocycles. The van der Waals surface area contributed by atoms with Gasteiger partial charge in [0, 0.05) is 31.6 Å². The molecule has 1 saturated heterocycles. The highest BCUT2D eigenvalue weighted by atomic mass is 32.2. The summed E-state index contributed by atoms with van der Waals surface area (Å²) in [6, 6.07) is 12.5. The molecular weight excluding hydrogens is 452 g/mol. The smallest absolute Gasteiger partial charge is 0.243 e. The summed E-state index contributed by atoms with van der Waals surface area (Å²) in [6.45, 7) is 9.86. The summed E-state index contributed by atoms with van der Waals surface area (Å²) >= 11 is 0. The van der Waals surface area contributed by atoms with E-state index in [9.17, 15) is 13.2 Å². The molecule has 0 radical (unpaired) electrons. The molecule has 2 aromatic carbocycles. The van der Waals surface area contributed by atoms with Crippen LogP contribution in [0, 0.1) is 19.3 Å². The van der Waals surface area contributed by atoms with E-state index in [0.29, 0.717) is 31.9 Å². The van der Waals surface area contributed by atoms with E-state index in [1.54, 1.807) is 36.3 Å². The Morgan fingerprint density at radius 2 is 1.65 bits per heavy atom. The van der Waals surface area contributed by atoms with Gasteiger partial charge < -0.3 is 14.4 Å². The number of benzene rings is 2. The van der Waals surface area contributed by atoms with Crippen molar-refractivity contribution in [2.45, 2.75) is 45.4 Å². The molecule has 0 atom stereocenters. The first-order valence-electron chi connectivity index (χ1n) is 11.7. The SMILES string of the molecule is COc1ccc(S(=O)(=O)N2CCN(C(=O)C(C)(C)CCCOc3cc(C)ccc3C)CC2)cc1. The second kappa shape index (κ2) is 10.8. The Kier molecular flexibility index (Phi) is 8.25. The van der Waals surface area contributed by atoms with Crippen molar-refractivity contribution in [3.8, 4) is 11.5 Å². The number of rotatable bonds is 9. The summed E-state index contributed by atoms with van der Waals surface area (Å²) in [5.41, 5.74) is 1.72. The Labute approximate surface area is 203 Å². The van der Waals surface area contributed by atoms with E-state index in [1.807, 2.05) is 39.8 Å². The maximum atomic E-state index is 13.2. The van der Waals surface area contributed by atoms with Crippen LogP contribution < -0.4 is 9.47 Å². The number of carbonyl (C=O) groups excluding carboxylic acids is 1. The number of ether oxygens (including phenoxy) is 2. The predicted molar refractivity (Wildman–Crippen MR) is 133 cm³/mol. The molecule has 1 aliphatic rings. The topological polar surface area (TPSA) is 76.2 Å². The van der Waals surface area contributed by atoms with Gasteiger partial charge in [0.2, 0.25) is 15.9 Å². The fraction of sp³-hybridized carbons (Fsp3) is 0.500. The molecule has 0 unspecified atom stereocenters. The number of piperazine rings is 1. The first-order valence-corrected chi connectivity index (χ1v) is 13.1. The quantitative estimate of drug-likeness (QED) is 0.498. The normalized spacial score (nSPS) is 15.3. The summed E-state index contributed by atoms with van der Waals surface area (Å²) in [5.74, 6) is 1.55. The maximum absolute atomic E-state index is 13.2. The lowest BCUT2D eigenvalue weighted by Crippen LogP contribution is -2.53. The van der Waals surface area contributed by atoms with Gasteiger partial charge in [0.15, 0.2) is 0 Å². The van der Waals surface area contributed by atoms with Crippen LogP contribution >= 0.6 is 0 Å². The Balaban J connectivity index is 1.50. The van der Waals surface area contributed by atoms with Crippen molar-refractivity contribution < 1.29 is 22.7 Å². The van der Waals surface area contributed by atoms with Gasteiger partial charge in [0.05, 0.1) is 18.6 Å². The molecule has 7 nitrogen and oxygen atoms in total. The third-order valence-electron chi connectivity index (χ3n) is 6.35. The lowest BCUT2D eigenvalue weighted by atomic mass is 9.86. The van der Waals surface area contributed by atoms with E-state index in [2.05, 4.69) is 6.07 Å². The molecular formula is C26H36N2O5S. The maximum Gasteiger partial charge on any atom is 0.243 e. The van der Waals surface area contributed by atoms with Gasteiger partial charge in [0.25, 0.3) is 0 Å². The number of amides is 1. The van der Waals surface area contributed by atoms with Gasteiger partial charge in [-0.25, -0.2) is 8.42 Å². The second-order valence-corrected chi connectivity index (χ2v) is 11.4. The van der Waals surface area contributed by atoms with Crippen LogP contribution in [0.3, 0.4) is 0 Å². The van der Waals surface area contributed by atoms with E-state index in [1.165, 1.54) is 4.31 Å². The molecule has 0 spiro atoms. The summed E-state index contributed by atoms with van der Waals surface area (Å²) in [6.07, 6.45) is 1.46. The molecule has 0 N–H and O–H groups in total. The van der Waals surface area contributed by atoms with Crippen LogP contribution in [0.1, 0.15) is 37.8 Å². The highest BCUT2D eigenvalue weighted by Gasteiger charge is 2.36. The minimum absolute atomic E-state index is 0.0562. The van der Waals surface area contributed by atoms with E-state index >= 15 is 0 Å². The van der Waals surface area contributed by atoms with Gasteiger partial charge in [-0.1, -0.05) is 26.0 Å². The highest BCUT2D eigenvalue weighted by Crippen LogP contribution is 2.28. The highest BCUT2D eigenvalue weighted by molar-refractivity contribution is 7.89. The van der Waals surface area contributed by atoms with Crippen LogP contribution in [0.4, 0.5) is 0 Å². The lowest BCUT2D eigenvalue weighted by molar-refractivity contribution is -0.142. The molecule has 0 aromatic heterocycles. The molecule has 1 amide bonds. The first kappa shape index (κ1) is 26.0. The van der Waals surface area contributed by atoms with Crippen molar-refractivity contribution in [1.29, 1.82) is 0 Å². The van der Waals surface area contributed by atoms with E-state index in [-0.39, 0.29) is 23.9 Å². The summed E-state index contributed by atoms with van der Waals surface area (Å²) < 4.78 is 38.4. The largest absolute Gasteiger partial charge is 0.497 e. The zero-order valence-corrected chi connectivity index (χ0v) is 21.7. The molecule has 0 aliphatic carbocycles. The van der Waals surface area contributed by atoms with Crippen molar-refractivity contribution >= 4 is 15.9 Å². The fourth-order valence-electron chi connectivity index (χ4n) is 4.12. The lowest BCUT2D eigenvalue weighted by Gasteiger charge is -2.38. The fourth-order valence-corrected chi connectivity index (χ4v) is 5.54. The second-order valence-electron chi connectivity index (χ2n) is 9.48. The van der Waals surface area contributed by atoms with Crippen LogP contribution in [0.5, 0.6) is 11.5 Å². The summed E-state index contributed by atoms with van der Waals surface area (Å²) in [4.78, 5) is 15.2. The van der Waals surface area contributed by atoms with Crippen molar-refractivity contribution in [3.05, 3.63) is 53.6 Å². The molecule has 1 heterocycles. The van der Waals surface area contributed by atoms with Crippen LogP contribution in [0.25, 0.3) is 0 Å². The van der Waals surface area contributed by atoms with Crippen LogP contribution in [-0.4, -0.2) is 63.4 Å². The van der Waals surface area contributed by atoms with Crippen molar-refractivity contribution in [2.75, 3.05) is 39.9 Å². The average molecular weight is 489 g/mol. The first-order chi connectivity index (χ1) is 16.0. The number of hydrogen-bond donors (Lipinski definition) is 0. The number of methoxy groups -OCH3 is 1. The number of hydrogen-bond acceptors (Lipinski definition) is 5. The predicted octanol–water partition coefficient (Wildman–Crippen LogP) is 4.03. The third-order valence-corrected chi connectivity index (χ3v) is 8.26. The molecule has 0 bridgehead atoms. The van der Waals surface area contributed by atoms with Gasteiger partial charge in [-0.3, -0.25) is 4.79 Å². The molecule has 1 aliphatic heterocycles. The van der Waals surface area contributed by atoms with Crippen LogP contribution in [0.2, 0.25) is 0 Å². The van der Waals surface area contributed by atoms with Gasteiger partial charge >= 0.3 is 0 Å². The number of sulfonamides is 1. The average Bonchev–Trinajstić information content (AvgIpc) is 2.83. The van der Waals surface area contributed by atoms with E-state index in [4.69, 9.17) is 9.47 Å². The van der Waals surface area contributed by atoms with E-state index in [0.717, 1.165) is 23.3 Å². The Morgan fingerprint density at radius 3 is 2.26 bits per heavy atom. The number of carbonyl (C=O) groups is 1. The minimum Gasteiger partial charge on any atom is -0.497 e. The number of nitrogens with zero attached hydrogens (tertiary/aromatic N) is 2. The van der Waals surface area contributed by atoms with E-state index < -0.39 is 15.4 Å². The van der Waals surface area contributed by atoms with Crippen LogP contribution in [-0.2, 0) is 14.8 Å². The van der Waals surface area contributed by atoms with Crippen molar-refractivity contribution in [3.63, 3.8) is 0 Å². The molecule has 2 aromatic rings. The molecule has 8 heteroatoms. The Hall–Kier alpha value is -2.58. The molecule has 3 rings (SSSR count). The van der Waals surface area contributed by atoms with Gasteiger partial charge in [0.1, 0.15) is 11.5 Å². The number of aryl methyl sites for hydroxylation is 2. The Bertz CT molecular complexity index is 1090. The zero-order valence-electron chi connectivity index (χ0n) is 20.8. The van der Waals surface area contributed by atoms with Gasteiger partial charge in [-0.2, -0.15) is 4.31 Å². The summed E-state index contributed by atoms with van der Waals surface area (Å²) in [5, 5.41) is 0. The monoisotopic (exact) mass is 488 g/mol. The molecule has 186 valence electrons. The standard InChI is InChI=1S/C26H36N2O5S/c1-20-7-8-21(2)24(19-20)33-18-6-13-26(3,4)25(29)27-14-16-28(17-15-27)34(30,31)23-11-9-22(32-5)10-12-23/h7-12,19H,6,13-18H2,1-5H3. The van der Waals surface area contributed by atoms with Crippen molar-refractivity contribution in [1.82, 2.24) is 9.21 Å². The molecule has 1 fully saturated rings.